The molecule has 4 nitrogen and oxygen atoms in total. The van der Waals surface area contributed by atoms with Crippen LogP contribution in [0.4, 0.5) is 17.6 Å². The van der Waals surface area contributed by atoms with Crippen molar-refractivity contribution in [2.24, 2.45) is 11.8 Å². The lowest BCUT2D eigenvalue weighted by molar-refractivity contribution is -0.140. The summed E-state index contributed by atoms with van der Waals surface area (Å²) < 4.78 is 76.2. The van der Waals surface area contributed by atoms with Gasteiger partial charge in [0.05, 0.1) is 10.5 Å². The van der Waals surface area contributed by atoms with Crippen molar-refractivity contribution in [1.29, 1.82) is 0 Å². The summed E-state index contributed by atoms with van der Waals surface area (Å²) in [6, 6.07) is 1.25. The van der Waals surface area contributed by atoms with Gasteiger partial charge in [-0.15, -0.1) is 0 Å². The first-order chi connectivity index (χ1) is 9.52. The molecule has 1 fully saturated rings. The average Bonchev–Trinajstić information content (AvgIpc) is 3.04. The Morgan fingerprint density at radius 3 is 2.38 bits per heavy atom. The van der Waals surface area contributed by atoms with Gasteiger partial charge in [-0.05, 0) is 30.5 Å². The van der Waals surface area contributed by atoms with Gasteiger partial charge >= 0.3 is 6.18 Å². The zero-order chi connectivity index (χ0) is 16.0. The zero-order valence-corrected chi connectivity index (χ0v) is 11.6. The van der Waals surface area contributed by atoms with E-state index in [1.807, 2.05) is 0 Å². The van der Waals surface area contributed by atoms with Crippen molar-refractivity contribution in [3.63, 3.8) is 0 Å². The van der Waals surface area contributed by atoms with Crippen molar-refractivity contribution >= 4 is 15.9 Å². The summed E-state index contributed by atoms with van der Waals surface area (Å²) in [5.41, 5.74) is -1.70. The topological polar surface area (TPSA) is 63.2 Å². The predicted octanol–water partition coefficient (Wildman–Crippen LogP) is 2.31. The fourth-order valence-electron chi connectivity index (χ4n) is 1.84. The van der Waals surface area contributed by atoms with Crippen molar-refractivity contribution in [3.8, 4) is 0 Å². The van der Waals surface area contributed by atoms with E-state index in [4.69, 9.17) is 0 Å². The van der Waals surface area contributed by atoms with Crippen LogP contribution in [0.5, 0.6) is 0 Å². The predicted molar refractivity (Wildman–Crippen MR) is 64.0 cm³/mol. The molecule has 1 aliphatic carbocycles. The Hall–Kier alpha value is -1.64. The molecule has 21 heavy (non-hydrogen) atoms. The van der Waals surface area contributed by atoms with Crippen LogP contribution in [0.2, 0.25) is 0 Å². The second-order valence-corrected chi connectivity index (χ2v) is 6.61. The maximum Gasteiger partial charge on any atom is 0.419 e. The molecule has 1 amide bonds. The third-order valence-corrected chi connectivity index (χ3v) is 4.58. The molecule has 1 aliphatic rings. The van der Waals surface area contributed by atoms with Gasteiger partial charge in [-0.1, -0.05) is 6.92 Å². The van der Waals surface area contributed by atoms with Crippen LogP contribution in [0.3, 0.4) is 0 Å². The average molecular weight is 325 g/mol. The largest absolute Gasteiger partial charge is 0.419 e. The molecule has 116 valence electrons. The molecule has 9 heteroatoms. The first-order valence-corrected chi connectivity index (χ1v) is 7.44. The fraction of sp³-hybridized carbons (Fsp3) is 0.417. The number of alkyl halides is 3. The molecule has 1 N–H and O–H groups in total. The summed E-state index contributed by atoms with van der Waals surface area (Å²) in [7, 11) is -4.45. The Morgan fingerprint density at radius 1 is 1.33 bits per heavy atom. The Morgan fingerprint density at radius 2 is 1.90 bits per heavy atom. The standard InChI is InChI=1S/C12H11F4NO3S/c1-6-4-8(6)11(18)17-21(19,20)7-2-3-10(13)9(5-7)12(14,15)16/h2-3,5-6,8H,4H2,1H3,(H,17,18)/t6-,8-/m1/s1. The van der Waals surface area contributed by atoms with Gasteiger partial charge in [0, 0.05) is 5.92 Å². The molecule has 0 radical (unpaired) electrons. The first kappa shape index (κ1) is 15.7. The highest BCUT2D eigenvalue weighted by molar-refractivity contribution is 7.90. The molecule has 0 unspecified atom stereocenters. The van der Waals surface area contributed by atoms with E-state index in [9.17, 15) is 30.8 Å². The Kier molecular flexibility index (Phi) is 3.73. The van der Waals surface area contributed by atoms with E-state index in [1.54, 1.807) is 11.6 Å². The van der Waals surface area contributed by atoms with Crippen molar-refractivity contribution in [1.82, 2.24) is 4.72 Å². The summed E-state index contributed by atoms with van der Waals surface area (Å²) >= 11 is 0. The van der Waals surface area contributed by atoms with Crippen molar-refractivity contribution in [2.75, 3.05) is 0 Å². The zero-order valence-electron chi connectivity index (χ0n) is 10.7. The van der Waals surface area contributed by atoms with Crippen LogP contribution >= 0.6 is 0 Å². The molecular formula is C12H11F4NO3S. The molecule has 0 aromatic heterocycles. The van der Waals surface area contributed by atoms with E-state index >= 15 is 0 Å². The number of rotatable bonds is 3. The van der Waals surface area contributed by atoms with E-state index in [1.165, 1.54) is 0 Å². The smallest absolute Gasteiger partial charge is 0.274 e. The molecule has 0 spiro atoms. The molecular weight excluding hydrogens is 314 g/mol. The number of halogens is 4. The molecule has 2 rings (SSSR count). The second kappa shape index (κ2) is 4.97. The number of carbonyl (C=O) groups excluding carboxylic acids is 1. The molecule has 0 heterocycles. The van der Waals surface area contributed by atoms with Gasteiger partial charge in [0.1, 0.15) is 5.82 Å². The Balaban J connectivity index is 2.30. The highest BCUT2D eigenvalue weighted by atomic mass is 32.2. The second-order valence-electron chi connectivity index (χ2n) is 4.93. The van der Waals surface area contributed by atoms with E-state index in [-0.39, 0.29) is 12.0 Å². The van der Waals surface area contributed by atoms with Crippen molar-refractivity contribution in [3.05, 3.63) is 29.6 Å². The van der Waals surface area contributed by atoms with Crippen LogP contribution in [0.1, 0.15) is 18.9 Å². The molecule has 1 saturated carbocycles. The van der Waals surface area contributed by atoms with Gasteiger partial charge in [-0.25, -0.2) is 17.5 Å². The lowest BCUT2D eigenvalue weighted by atomic mass is 10.2. The molecule has 0 saturated heterocycles. The van der Waals surface area contributed by atoms with Gasteiger partial charge in [-0.3, -0.25) is 4.79 Å². The van der Waals surface area contributed by atoms with Crippen LogP contribution in [-0.2, 0) is 21.0 Å². The van der Waals surface area contributed by atoms with Crippen LogP contribution in [0, 0.1) is 17.7 Å². The number of sulfonamides is 1. The highest BCUT2D eigenvalue weighted by Gasteiger charge is 2.41. The third-order valence-electron chi connectivity index (χ3n) is 3.23. The number of amides is 1. The quantitative estimate of drug-likeness (QED) is 0.868. The maximum atomic E-state index is 13.1. The molecule has 1 aromatic rings. The lowest BCUT2D eigenvalue weighted by Crippen LogP contribution is -2.32. The van der Waals surface area contributed by atoms with Gasteiger partial charge in [-0.2, -0.15) is 13.2 Å². The minimum absolute atomic E-state index is 0.0409. The van der Waals surface area contributed by atoms with Crippen LogP contribution in [-0.4, -0.2) is 14.3 Å². The van der Waals surface area contributed by atoms with E-state index in [2.05, 4.69) is 0 Å². The van der Waals surface area contributed by atoms with Crippen molar-refractivity contribution < 1.29 is 30.8 Å². The normalized spacial score (nSPS) is 22.0. The SMILES string of the molecule is C[C@@H]1C[C@H]1C(=O)NS(=O)(=O)c1ccc(F)c(C(F)(F)F)c1. The molecule has 2 atom stereocenters. The summed E-state index contributed by atoms with van der Waals surface area (Å²) in [6.45, 7) is 1.75. The minimum atomic E-state index is -5.02. The van der Waals surface area contributed by atoms with Gasteiger partial charge < -0.3 is 0 Å². The minimum Gasteiger partial charge on any atom is -0.274 e. The summed E-state index contributed by atoms with van der Waals surface area (Å²) in [4.78, 5) is 10.8. The maximum absolute atomic E-state index is 13.1. The van der Waals surface area contributed by atoms with Crippen LogP contribution < -0.4 is 4.72 Å². The summed E-state index contributed by atoms with van der Waals surface area (Å²) in [5.74, 6) is -2.76. The van der Waals surface area contributed by atoms with Gasteiger partial charge in [0.25, 0.3) is 10.0 Å². The molecule has 0 aliphatic heterocycles. The monoisotopic (exact) mass is 325 g/mol. The van der Waals surface area contributed by atoms with Gasteiger partial charge in [0.15, 0.2) is 0 Å². The number of hydrogen-bond donors (Lipinski definition) is 1. The fourth-order valence-corrected chi connectivity index (χ4v) is 2.90. The molecule has 0 bridgehead atoms. The van der Waals surface area contributed by atoms with E-state index in [0.717, 1.165) is 0 Å². The summed E-state index contributed by atoms with van der Waals surface area (Å²) in [5, 5.41) is 0. The number of carbonyl (C=O) groups is 1. The highest BCUT2D eigenvalue weighted by Crippen LogP contribution is 2.38. The summed E-state index contributed by atoms with van der Waals surface area (Å²) in [6.07, 6.45) is -4.50. The molecule has 1 aromatic carbocycles. The first-order valence-electron chi connectivity index (χ1n) is 5.96. The Labute approximate surface area is 118 Å². The number of hydrogen-bond acceptors (Lipinski definition) is 3. The van der Waals surface area contributed by atoms with E-state index < -0.39 is 44.3 Å². The van der Waals surface area contributed by atoms with E-state index in [0.29, 0.717) is 18.6 Å². The van der Waals surface area contributed by atoms with Crippen molar-refractivity contribution in [2.45, 2.75) is 24.4 Å². The number of nitrogens with one attached hydrogen (secondary N) is 1. The number of benzene rings is 1. The van der Waals surface area contributed by atoms with Gasteiger partial charge in [0.2, 0.25) is 5.91 Å². The van der Waals surface area contributed by atoms with Crippen LogP contribution in [0.15, 0.2) is 23.1 Å². The third kappa shape index (κ3) is 3.34. The lowest BCUT2D eigenvalue weighted by Gasteiger charge is -2.11. The van der Waals surface area contributed by atoms with Crippen LogP contribution in [0.25, 0.3) is 0 Å². The Bertz CT molecular complexity index is 684.